The Hall–Kier alpha value is -3.92. The predicted octanol–water partition coefficient (Wildman–Crippen LogP) is 5.87. The van der Waals surface area contributed by atoms with Crippen LogP contribution in [0.2, 0.25) is 0 Å². The van der Waals surface area contributed by atoms with Crippen LogP contribution in [0.15, 0.2) is 109 Å². The fraction of sp³-hybridized carbons (Fsp3) is 0.172. The lowest BCUT2D eigenvalue weighted by molar-refractivity contribution is 0.355. The fourth-order valence-electron chi connectivity index (χ4n) is 5.46. The summed E-state index contributed by atoms with van der Waals surface area (Å²) in [6, 6.07) is 39.0. The maximum absolute atomic E-state index is 4.71. The Kier molecular flexibility index (Phi) is 4.91. The van der Waals surface area contributed by atoms with E-state index in [-0.39, 0.29) is 18.0 Å². The second-order valence-electron chi connectivity index (χ2n) is 8.83. The summed E-state index contributed by atoms with van der Waals surface area (Å²) in [5.41, 5.74) is 7.21. The van der Waals surface area contributed by atoms with Crippen LogP contribution in [0.5, 0.6) is 0 Å². The molecule has 0 radical (unpaired) electrons. The number of rotatable bonds is 4. The Morgan fingerprint density at radius 1 is 0.727 bits per heavy atom. The van der Waals surface area contributed by atoms with E-state index in [0.29, 0.717) is 0 Å². The van der Waals surface area contributed by atoms with Gasteiger partial charge in [0.25, 0.3) is 0 Å². The molecule has 0 bridgehead atoms. The van der Waals surface area contributed by atoms with Crippen molar-refractivity contribution in [2.75, 3.05) is 11.9 Å². The summed E-state index contributed by atoms with van der Waals surface area (Å²) in [4.78, 5) is 2.47. The van der Waals surface area contributed by atoms with Crippen molar-refractivity contribution in [3.63, 3.8) is 0 Å². The highest BCUT2D eigenvalue weighted by Crippen LogP contribution is 2.48. The molecule has 3 atom stereocenters. The van der Waals surface area contributed by atoms with E-state index >= 15 is 0 Å². The van der Waals surface area contributed by atoms with E-state index in [1.54, 1.807) is 0 Å². The van der Waals surface area contributed by atoms with Crippen LogP contribution < -0.4 is 4.90 Å². The minimum absolute atomic E-state index is 0.0425. The topological polar surface area (TPSA) is 34.0 Å². The molecule has 162 valence electrons. The van der Waals surface area contributed by atoms with Gasteiger partial charge in [-0.3, -0.25) is 0 Å². The van der Waals surface area contributed by atoms with Crippen molar-refractivity contribution >= 4 is 16.7 Å². The molecule has 0 spiro atoms. The van der Waals surface area contributed by atoms with E-state index < -0.39 is 0 Å². The largest absolute Gasteiger partial charge is 0.370 e. The van der Waals surface area contributed by atoms with Gasteiger partial charge >= 0.3 is 0 Å². The summed E-state index contributed by atoms with van der Waals surface area (Å²) in [7, 11) is 2.23. The molecule has 4 heteroatoms. The quantitative estimate of drug-likeness (QED) is 0.358. The normalized spacial score (nSPS) is 20.0. The molecule has 0 saturated carbocycles. The number of nitrogens with zero attached hydrogens (tertiary/aromatic N) is 4. The minimum Gasteiger partial charge on any atom is -0.370 e. The van der Waals surface area contributed by atoms with Crippen LogP contribution in [0.3, 0.4) is 0 Å². The number of para-hydroxylation sites is 2. The van der Waals surface area contributed by atoms with Crippen molar-refractivity contribution in [3.8, 4) is 0 Å². The summed E-state index contributed by atoms with van der Waals surface area (Å²) in [5, 5.41) is 9.23. The molecule has 0 fully saturated rings. The zero-order valence-electron chi connectivity index (χ0n) is 18.6. The number of benzene rings is 4. The zero-order valence-corrected chi connectivity index (χ0v) is 18.6. The van der Waals surface area contributed by atoms with Gasteiger partial charge < -0.3 is 4.90 Å². The van der Waals surface area contributed by atoms with Gasteiger partial charge in [0.1, 0.15) is 5.52 Å². The van der Waals surface area contributed by atoms with Gasteiger partial charge in [-0.25, -0.2) is 4.68 Å². The molecule has 0 unspecified atom stereocenters. The summed E-state index contributed by atoms with van der Waals surface area (Å²) in [5.74, 6) is 0.205. The van der Waals surface area contributed by atoms with E-state index in [1.807, 2.05) is 12.1 Å². The fourth-order valence-corrected chi connectivity index (χ4v) is 5.46. The Bertz CT molecular complexity index is 1380. The first-order chi connectivity index (χ1) is 16.3. The molecule has 1 aliphatic rings. The number of likely N-dealkylation sites (N-methyl/N-ethyl adjacent to an activating group) is 1. The second kappa shape index (κ2) is 8.21. The lowest BCUT2D eigenvalue weighted by atomic mass is 9.75. The van der Waals surface area contributed by atoms with Crippen molar-refractivity contribution in [1.82, 2.24) is 15.0 Å². The van der Waals surface area contributed by atoms with Crippen LogP contribution in [-0.4, -0.2) is 28.1 Å². The van der Waals surface area contributed by atoms with Crippen molar-refractivity contribution in [3.05, 3.63) is 126 Å². The highest BCUT2D eigenvalue weighted by atomic mass is 15.4. The summed E-state index contributed by atoms with van der Waals surface area (Å²) >= 11 is 0. The highest BCUT2D eigenvalue weighted by molar-refractivity contribution is 5.75. The Balaban J connectivity index is 1.59. The Morgan fingerprint density at radius 2 is 1.39 bits per heavy atom. The van der Waals surface area contributed by atoms with Crippen molar-refractivity contribution in [2.45, 2.75) is 24.4 Å². The van der Waals surface area contributed by atoms with Crippen LogP contribution in [-0.2, 0) is 6.42 Å². The lowest BCUT2D eigenvalue weighted by Gasteiger charge is -2.46. The molecule has 0 N–H and O–H groups in total. The molecule has 1 aromatic heterocycles. The molecule has 6 rings (SSSR count). The molecule has 4 aromatic carbocycles. The summed E-state index contributed by atoms with van der Waals surface area (Å²) in [6.45, 7) is 0. The van der Waals surface area contributed by atoms with Crippen LogP contribution in [0.4, 0.5) is 5.69 Å². The molecule has 33 heavy (non-hydrogen) atoms. The average molecular weight is 431 g/mol. The SMILES string of the molecule is CN1c2ccccc2[C@H](n2nnc3ccccc32)[C@@H](c2ccccc2)[C@@H]1Cc1ccccc1. The first-order valence-electron chi connectivity index (χ1n) is 11.5. The maximum atomic E-state index is 4.71. The monoisotopic (exact) mass is 430 g/mol. The molecular formula is C29H26N4. The van der Waals surface area contributed by atoms with Gasteiger partial charge in [0.05, 0.1) is 11.6 Å². The zero-order chi connectivity index (χ0) is 22.2. The Morgan fingerprint density at radius 3 is 2.21 bits per heavy atom. The number of aromatic nitrogens is 3. The molecule has 0 saturated heterocycles. The first kappa shape index (κ1) is 19.7. The van der Waals surface area contributed by atoms with Crippen molar-refractivity contribution in [2.24, 2.45) is 0 Å². The van der Waals surface area contributed by atoms with E-state index in [2.05, 4.69) is 119 Å². The third-order valence-corrected chi connectivity index (χ3v) is 7.00. The molecule has 5 aromatic rings. The third-order valence-electron chi connectivity index (χ3n) is 7.00. The third kappa shape index (κ3) is 3.39. The van der Waals surface area contributed by atoms with E-state index in [1.165, 1.54) is 22.4 Å². The molecule has 0 amide bonds. The molecule has 4 nitrogen and oxygen atoms in total. The van der Waals surface area contributed by atoms with Gasteiger partial charge in [-0.2, -0.15) is 0 Å². The maximum Gasteiger partial charge on any atom is 0.113 e. The predicted molar refractivity (Wildman–Crippen MR) is 134 cm³/mol. The van der Waals surface area contributed by atoms with Crippen LogP contribution in [0.25, 0.3) is 11.0 Å². The van der Waals surface area contributed by atoms with Gasteiger partial charge in [-0.1, -0.05) is 96.2 Å². The van der Waals surface area contributed by atoms with Gasteiger partial charge in [-0.05, 0) is 35.7 Å². The van der Waals surface area contributed by atoms with Gasteiger partial charge in [0.2, 0.25) is 0 Å². The van der Waals surface area contributed by atoms with E-state index in [0.717, 1.165) is 17.5 Å². The second-order valence-corrected chi connectivity index (χ2v) is 8.83. The molecule has 1 aliphatic heterocycles. The number of anilines is 1. The molecule has 0 aliphatic carbocycles. The summed E-state index contributed by atoms with van der Waals surface area (Å²) in [6.07, 6.45) is 0.953. The highest BCUT2D eigenvalue weighted by Gasteiger charge is 2.42. The van der Waals surface area contributed by atoms with Crippen LogP contribution in [0.1, 0.15) is 28.7 Å². The van der Waals surface area contributed by atoms with Crippen LogP contribution in [0, 0.1) is 0 Å². The standard InChI is InChI=1S/C29H26N4/c1-32-25-18-10-8-16-23(25)29(33-26-19-11-9-17-24(26)30-31-33)28(22-14-6-3-7-15-22)27(32)20-21-12-4-2-5-13-21/h2-19,27-29H,20H2,1H3/t27-,28-,29-/m0/s1. The van der Waals surface area contributed by atoms with Gasteiger partial charge in [0, 0.05) is 30.3 Å². The number of hydrogen-bond acceptors (Lipinski definition) is 3. The number of fused-ring (bicyclic) bond motifs is 2. The van der Waals surface area contributed by atoms with Gasteiger partial charge in [0.15, 0.2) is 0 Å². The average Bonchev–Trinajstić information content (AvgIpc) is 3.30. The number of hydrogen-bond donors (Lipinski definition) is 0. The molecule has 2 heterocycles. The Labute approximate surface area is 194 Å². The van der Waals surface area contributed by atoms with Crippen LogP contribution >= 0.6 is 0 Å². The minimum atomic E-state index is 0.0425. The van der Waals surface area contributed by atoms with E-state index in [9.17, 15) is 0 Å². The van der Waals surface area contributed by atoms with Crippen molar-refractivity contribution in [1.29, 1.82) is 0 Å². The van der Waals surface area contributed by atoms with Crippen molar-refractivity contribution < 1.29 is 0 Å². The van der Waals surface area contributed by atoms with Gasteiger partial charge in [-0.15, -0.1) is 5.10 Å². The lowest BCUT2D eigenvalue weighted by Crippen LogP contribution is -2.47. The first-order valence-corrected chi connectivity index (χ1v) is 11.5. The molecular weight excluding hydrogens is 404 g/mol. The van der Waals surface area contributed by atoms with E-state index in [4.69, 9.17) is 5.21 Å². The smallest absolute Gasteiger partial charge is 0.113 e. The summed E-state index contributed by atoms with van der Waals surface area (Å²) < 4.78 is 2.15.